The Morgan fingerprint density at radius 1 is 0.957 bits per heavy atom. The van der Waals surface area contributed by atoms with Crippen LogP contribution in [-0.4, -0.2) is 17.9 Å². The molecule has 0 saturated carbocycles. The monoisotopic (exact) mass is 308 g/mol. The first-order valence-electron chi connectivity index (χ1n) is 7.73. The van der Waals surface area contributed by atoms with E-state index in [0.29, 0.717) is 5.69 Å². The molecule has 0 unspecified atom stereocenters. The van der Waals surface area contributed by atoms with Gasteiger partial charge in [0.25, 0.3) is 5.91 Å². The normalized spacial score (nSPS) is 17.7. The molecule has 1 aliphatic heterocycles. The molecular weight excluding hydrogens is 288 g/mol. The van der Waals surface area contributed by atoms with Gasteiger partial charge in [-0.1, -0.05) is 35.9 Å². The highest BCUT2D eigenvalue weighted by atomic mass is 16.2. The quantitative estimate of drug-likeness (QED) is 0.885. The van der Waals surface area contributed by atoms with Crippen molar-refractivity contribution in [2.75, 3.05) is 10.2 Å². The third-order valence-electron chi connectivity index (χ3n) is 4.24. The van der Waals surface area contributed by atoms with E-state index in [1.807, 2.05) is 63.2 Å². The molecule has 23 heavy (non-hydrogen) atoms. The number of nitrogens with one attached hydrogen (secondary N) is 1. The third kappa shape index (κ3) is 2.84. The summed E-state index contributed by atoms with van der Waals surface area (Å²) in [5, 5.41) is 3.26. The molecule has 3 rings (SSSR count). The topological polar surface area (TPSA) is 49.4 Å². The van der Waals surface area contributed by atoms with Crippen molar-refractivity contribution < 1.29 is 9.59 Å². The molecule has 1 heterocycles. The van der Waals surface area contributed by atoms with Crippen molar-refractivity contribution in [2.24, 2.45) is 0 Å². The highest BCUT2D eigenvalue weighted by molar-refractivity contribution is 6.23. The molecule has 2 aromatic rings. The Kier molecular flexibility index (Phi) is 3.90. The zero-order chi connectivity index (χ0) is 16.6. The maximum Gasteiger partial charge on any atom is 0.256 e. The van der Waals surface area contributed by atoms with Gasteiger partial charge in [0.1, 0.15) is 6.04 Å². The van der Waals surface area contributed by atoms with E-state index < -0.39 is 6.04 Å². The number of nitrogens with zero attached hydrogens (tertiary/aromatic N) is 1. The minimum absolute atomic E-state index is 0.164. The fourth-order valence-electron chi connectivity index (χ4n) is 2.93. The second-order valence-corrected chi connectivity index (χ2v) is 6.07. The Morgan fingerprint density at radius 3 is 2.17 bits per heavy atom. The lowest BCUT2D eigenvalue weighted by atomic mass is 10.1. The van der Waals surface area contributed by atoms with E-state index in [1.165, 1.54) is 4.90 Å². The van der Waals surface area contributed by atoms with Gasteiger partial charge in [0.15, 0.2) is 0 Å². The van der Waals surface area contributed by atoms with Crippen molar-refractivity contribution in [1.82, 2.24) is 0 Å². The SMILES string of the molecule is Cc1ccc(N2C(=O)C[C@@H](Nc3c(C)cccc3C)C2=O)cc1. The van der Waals surface area contributed by atoms with E-state index in [0.717, 1.165) is 22.4 Å². The molecule has 0 aliphatic carbocycles. The standard InChI is InChI=1S/C19H20N2O2/c1-12-7-9-15(10-8-12)21-17(22)11-16(19(21)23)20-18-13(2)5-4-6-14(18)3/h4-10,16,20H,11H2,1-3H3/t16-/m1/s1. The highest BCUT2D eigenvalue weighted by Crippen LogP contribution is 2.27. The van der Waals surface area contributed by atoms with Crippen molar-refractivity contribution in [3.05, 3.63) is 59.2 Å². The zero-order valence-corrected chi connectivity index (χ0v) is 13.6. The van der Waals surface area contributed by atoms with E-state index in [1.54, 1.807) is 0 Å². The summed E-state index contributed by atoms with van der Waals surface area (Å²) in [7, 11) is 0. The molecule has 4 nitrogen and oxygen atoms in total. The summed E-state index contributed by atoms with van der Waals surface area (Å²) in [6.45, 7) is 5.96. The average Bonchev–Trinajstić information content (AvgIpc) is 2.79. The maximum atomic E-state index is 12.7. The van der Waals surface area contributed by atoms with Gasteiger partial charge in [0.05, 0.1) is 12.1 Å². The fourth-order valence-corrected chi connectivity index (χ4v) is 2.93. The summed E-state index contributed by atoms with van der Waals surface area (Å²) in [6.07, 6.45) is 0.181. The van der Waals surface area contributed by atoms with Gasteiger partial charge in [-0.25, -0.2) is 4.90 Å². The first kappa shape index (κ1) is 15.3. The Hall–Kier alpha value is -2.62. The van der Waals surface area contributed by atoms with Gasteiger partial charge in [-0.2, -0.15) is 0 Å². The first-order valence-corrected chi connectivity index (χ1v) is 7.73. The number of para-hydroxylation sites is 1. The second kappa shape index (κ2) is 5.88. The number of hydrogen-bond donors (Lipinski definition) is 1. The van der Waals surface area contributed by atoms with Gasteiger partial charge in [-0.15, -0.1) is 0 Å². The number of anilines is 2. The summed E-state index contributed by atoms with van der Waals surface area (Å²) >= 11 is 0. The summed E-state index contributed by atoms with van der Waals surface area (Å²) in [6, 6.07) is 12.9. The lowest BCUT2D eigenvalue weighted by Gasteiger charge is -2.18. The van der Waals surface area contributed by atoms with E-state index in [9.17, 15) is 9.59 Å². The molecule has 2 amide bonds. The van der Waals surface area contributed by atoms with Crippen molar-refractivity contribution in [3.8, 4) is 0 Å². The van der Waals surface area contributed by atoms with E-state index >= 15 is 0 Å². The van der Waals surface area contributed by atoms with Crippen LogP contribution in [0.25, 0.3) is 0 Å². The van der Waals surface area contributed by atoms with Gasteiger partial charge in [-0.05, 0) is 44.0 Å². The van der Waals surface area contributed by atoms with Crippen LogP contribution in [0.15, 0.2) is 42.5 Å². The first-order chi connectivity index (χ1) is 11.0. The summed E-state index contributed by atoms with van der Waals surface area (Å²) in [4.78, 5) is 26.3. The van der Waals surface area contributed by atoms with Crippen LogP contribution in [0.5, 0.6) is 0 Å². The molecular formula is C19H20N2O2. The molecule has 1 saturated heterocycles. The molecule has 2 aromatic carbocycles. The molecule has 1 N–H and O–H groups in total. The van der Waals surface area contributed by atoms with Crippen LogP contribution >= 0.6 is 0 Å². The number of amides is 2. The van der Waals surface area contributed by atoms with Gasteiger partial charge in [-0.3, -0.25) is 9.59 Å². The van der Waals surface area contributed by atoms with Crippen LogP contribution in [0, 0.1) is 20.8 Å². The van der Waals surface area contributed by atoms with Crippen LogP contribution in [0.3, 0.4) is 0 Å². The summed E-state index contributed by atoms with van der Waals surface area (Å²) in [5.74, 6) is -0.357. The van der Waals surface area contributed by atoms with Crippen molar-refractivity contribution in [2.45, 2.75) is 33.2 Å². The minimum atomic E-state index is -0.511. The van der Waals surface area contributed by atoms with E-state index in [4.69, 9.17) is 0 Å². The number of carbonyl (C=O) groups excluding carboxylic acids is 2. The predicted octanol–water partition coefficient (Wildman–Crippen LogP) is 3.36. The van der Waals surface area contributed by atoms with Crippen molar-refractivity contribution in [1.29, 1.82) is 0 Å². The summed E-state index contributed by atoms with van der Waals surface area (Å²) < 4.78 is 0. The molecule has 4 heteroatoms. The second-order valence-electron chi connectivity index (χ2n) is 6.07. The highest BCUT2D eigenvalue weighted by Gasteiger charge is 2.39. The number of hydrogen-bond acceptors (Lipinski definition) is 3. The van der Waals surface area contributed by atoms with Gasteiger partial charge in [0.2, 0.25) is 5.91 Å². The number of rotatable bonds is 3. The Labute approximate surface area is 136 Å². The Balaban J connectivity index is 1.85. The molecule has 1 aliphatic rings. The Bertz CT molecular complexity index is 745. The van der Waals surface area contributed by atoms with E-state index in [-0.39, 0.29) is 18.2 Å². The molecule has 118 valence electrons. The van der Waals surface area contributed by atoms with Gasteiger partial charge >= 0.3 is 0 Å². The third-order valence-corrected chi connectivity index (χ3v) is 4.24. The number of benzene rings is 2. The van der Waals surface area contributed by atoms with Crippen LogP contribution in [0.2, 0.25) is 0 Å². The predicted molar refractivity (Wildman–Crippen MR) is 91.6 cm³/mol. The van der Waals surface area contributed by atoms with Crippen molar-refractivity contribution >= 4 is 23.2 Å². The molecule has 0 bridgehead atoms. The Morgan fingerprint density at radius 2 is 1.57 bits per heavy atom. The minimum Gasteiger partial charge on any atom is -0.373 e. The largest absolute Gasteiger partial charge is 0.373 e. The van der Waals surface area contributed by atoms with Gasteiger partial charge < -0.3 is 5.32 Å². The van der Waals surface area contributed by atoms with Crippen LogP contribution in [0.4, 0.5) is 11.4 Å². The lowest BCUT2D eigenvalue weighted by Crippen LogP contribution is -2.35. The average molecular weight is 308 g/mol. The van der Waals surface area contributed by atoms with Crippen LogP contribution < -0.4 is 10.2 Å². The molecule has 0 radical (unpaired) electrons. The van der Waals surface area contributed by atoms with Crippen LogP contribution in [-0.2, 0) is 9.59 Å². The molecule has 1 atom stereocenters. The van der Waals surface area contributed by atoms with E-state index in [2.05, 4.69) is 5.32 Å². The maximum absolute atomic E-state index is 12.7. The molecule has 0 aromatic heterocycles. The number of carbonyl (C=O) groups is 2. The lowest BCUT2D eigenvalue weighted by molar-refractivity contribution is -0.121. The smallest absolute Gasteiger partial charge is 0.256 e. The zero-order valence-electron chi connectivity index (χ0n) is 13.6. The number of imide groups is 1. The van der Waals surface area contributed by atoms with Crippen molar-refractivity contribution in [3.63, 3.8) is 0 Å². The molecule has 0 spiro atoms. The fraction of sp³-hybridized carbons (Fsp3) is 0.263. The molecule has 1 fully saturated rings. The number of aryl methyl sites for hydroxylation is 3. The van der Waals surface area contributed by atoms with Crippen LogP contribution in [0.1, 0.15) is 23.1 Å². The van der Waals surface area contributed by atoms with Gasteiger partial charge in [0, 0.05) is 5.69 Å². The summed E-state index contributed by atoms with van der Waals surface area (Å²) in [5.41, 5.74) is 4.80.